The first-order valence-electron chi connectivity index (χ1n) is 6.37. The zero-order valence-electron chi connectivity index (χ0n) is 11.9. The molecule has 0 N–H and O–H groups in total. The van der Waals surface area contributed by atoms with Crippen LogP contribution < -0.4 is 9.31 Å². The molecule has 0 atom stereocenters. The molecule has 25 heavy (non-hydrogen) atoms. The molecule has 0 heterocycles. The van der Waals surface area contributed by atoms with E-state index in [1.54, 1.807) is 0 Å². The van der Waals surface area contributed by atoms with Gasteiger partial charge in [-0.2, -0.15) is 26.3 Å². The zero-order valence-corrected chi connectivity index (χ0v) is 13.4. The average molecular weight is 402 g/mol. The van der Waals surface area contributed by atoms with E-state index in [2.05, 4.69) is 0 Å². The minimum Gasteiger partial charge on any atom is -0.526 e. The van der Waals surface area contributed by atoms with Gasteiger partial charge in [0.1, 0.15) is 11.5 Å². The fourth-order valence-corrected chi connectivity index (χ4v) is 2.17. The molecule has 0 aliphatic carbocycles. The maximum Gasteiger partial charge on any atom is 0.658 e. The predicted molar refractivity (Wildman–Crippen MR) is 79.9 cm³/mol. The van der Waals surface area contributed by atoms with Crippen molar-refractivity contribution < 1.29 is 35.7 Å². The van der Waals surface area contributed by atoms with Crippen LogP contribution in [0.1, 0.15) is 11.1 Å². The van der Waals surface area contributed by atoms with Gasteiger partial charge in [0.15, 0.2) is 0 Å². The normalized spacial score (nSPS) is 12.0. The highest BCUT2D eigenvalue weighted by atomic mass is 35.5. The Bertz CT molecular complexity index is 700. The highest BCUT2D eigenvalue weighted by Gasteiger charge is 2.34. The van der Waals surface area contributed by atoms with E-state index in [9.17, 15) is 26.3 Å². The Kier molecular flexibility index (Phi) is 5.68. The molecule has 0 fully saturated rings. The Morgan fingerprint density at radius 1 is 0.680 bits per heavy atom. The van der Waals surface area contributed by atoms with Crippen molar-refractivity contribution in [2.24, 2.45) is 0 Å². The molecule has 2 rings (SSSR count). The van der Waals surface area contributed by atoms with Crippen molar-refractivity contribution in [3.8, 4) is 11.5 Å². The zero-order chi connectivity index (χ0) is 18.8. The van der Waals surface area contributed by atoms with Crippen molar-refractivity contribution in [2.45, 2.75) is 12.4 Å². The minimum absolute atomic E-state index is 0.262. The molecule has 1 radical (unpaired) electrons. The van der Waals surface area contributed by atoms with E-state index in [-0.39, 0.29) is 11.5 Å². The van der Waals surface area contributed by atoms with Crippen LogP contribution in [0.2, 0.25) is 10.0 Å². The van der Waals surface area contributed by atoms with Crippen molar-refractivity contribution in [1.29, 1.82) is 0 Å². The maximum absolute atomic E-state index is 12.7. The van der Waals surface area contributed by atoms with E-state index in [0.717, 1.165) is 24.3 Å². The molecule has 0 unspecified atom stereocenters. The molecular weight excluding hydrogens is 396 g/mol. The molecule has 0 amide bonds. The highest BCUT2D eigenvalue weighted by molar-refractivity contribution is 6.31. The number of alkyl halides is 6. The molecule has 0 bridgehead atoms. The second kappa shape index (κ2) is 7.25. The van der Waals surface area contributed by atoms with Gasteiger partial charge in [0.2, 0.25) is 0 Å². The summed E-state index contributed by atoms with van der Waals surface area (Å²) in [6, 6.07) is 5.48. The first-order chi connectivity index (χ1) is 11.5. The second-order valence-corrected chi connectivity index (χ2v) is 5.43. The van der Waals surface area contributed by atoms with Crippen LogP contribution in [0.4, 0.5) is 26.3 Å². The highest BCUT2D eigenvalue weighted by Crippen LogP contribution is 2.38. The lowest BCUT2D eigenvalue weighted by Gasteiger charge is -2.13. The van der Waals surface area contributed by atoms with Crippen molar-refractivity contribution in [1.82, 2.24) is 0 Å². The molecule has 2 nitrogen and oxygen atoms in total. The average Bonchev–Trinajstić information content (AvgIpc) is 2.48. The van der Waals surface area contributed by atoms with Gasteiger partial charge in [0, 0.05) is 0 Å². The third-order valence-electron chi connectivity index (χ3n) is 2.85. The van der Waals surface area contributed by atoms with Gasteiger partial charge in [0.25, 0.3) is 0 Å². The van der Waals surface area contributed by atoms with Crippen LogP contribution in [-0.4, -0.2) is 7.69 Å². The number of hydrogen-bond donors (Lipinski definition) is 0. The molecule has 2 aromatic carbocycles. The molecule has 0 aliphatic heterocycles. The summed E-state index contributed by atoms with van der Waals surface area (Å²) >= 11 is 10.9. The van der Waals surface area contributed by atoms with Gasteiger partial charge in [0.05, 0.1) is 21.2 Å². The van der Waals surface area contributed by atoms with Gasteiger partial charge in [-0.3, -0.25) is 0 Å². The number of rotatable bonds is 4. The SMILES string of the molecule is FC(F)(F)c1cc(O[B]Oc2ccc(Cl)c(C(F)(F)F)c2)ccc1Cl. The van der Waals surface area contributed by atoms with Crippen LogP contribution in [0.3, 0.4) is 0 Å². The van der Waals surface area contributed by atoms with Crippen LogP contribution in [-0.2, 0) is 12.4 Å². The number of benzene rings is 2. The van der Waals surface area contributed by atoms with Gasteiger partial charge in [-0.15, -0.1) is 0 Å². The fourth-order valence-electron chi connectivity index (χ4n) is 1.73. The van der Waals surface area contributed by atoms with Crippen LogP contribution >= 0.6 is 23.2 Å². The van der Waals surface area contributed by atoms with Gasteiger partial charge in [-0.05, 0) is 36.4 Å². The van der Waals surface area contributed by atoms with E-state index >= 15 is 0 Å². The van der Waals surface area contributed by atoms with Crippen LogP contribution in [0.5, 0.6) is 11.5 Å². The van der Waals surface area contributed by atoms with Crippen molar-refractivity contribution in [2.75, 3.05) is 0 Å². The molecular formula is C14H6BCl2F6O2. The summed E-state index contributed by atoms with van der Waals surface area (Å²) in [5, 5.41) is -1.04. The van der Waals surface area contributed by atoms with Gasteiger partial charge < -0.3 is 9.31 Å². The lowest BCUT2D eigenvalue weighted by atomic mass is 10.2. The van der Waals surface area contributed by atoms with E-state index in [4.69, 9.17) is 32.5 Å². The summed E-state index contributed by atoms with van der Waals surface area (Å²) in [5.74, 6) is -0.525. The summed E-state index contributed by atoms with van der Waals surface area (Å²) in [6.07, 6.45) is -9.37. The van der Waals surface area contributed by atoms with E-state index in [1.165, 1.54) is 0 Å². The molecule has 133 valence electrons. The Balaban J connectivity index is 2.07. The fraction of sp³-hybridized carbons (Fsp3) is 0.143. The second-order valence-electron chi connectivity index (χ2n) is 4.61. The van der Waals surface area contributed by atoms with Crippen molar-refractivity contribution >= 4 is 30.9 Å². The smallest absolute Gasteiger partial charge is 0.526 e. The summed E-state index contributed by atoms with van der Waals surface area (Å²) in [7, 11) is 0.590. The minimum atomic E-state index is -4.69. The van der Waals surface area contributed by atoms with Crippen molar-refractivity contribution in [3.05, 3.63) is 57.6 Å². The van der Waals surface area contributed by atoms with Crippen LogP contribution in [0.15, 0.2) is 36.4 Å². The van der Waals surface area contributed by atoms with Gasteiger partial charge in [-0.25, -0.2) is 0 Å². The number of hydrogen-bond acceptors (Lipinski definition) is 2. The maximum atomic E-state index is 12.7. The first-order valence-corrected chi connectivity index (χ1v) is 7.12. The Hall–Kier alpha value is -1.74. The molecule has 0 aliphatic rings. The van der Waals surface area contributed by atoms with Crippen molar-refractivity contribution in [3.63, 3.8) is 0 Å². The largest absolute Gasteiger partial charge is 0.658 e. The summed E-state index contributed by atoms with van der Waals surface area (Å²) in [4.78, 5) is 0. The van der Waals surface area contributed by atoms with Crippen LogP contribution in [0, 0.1) is 0 Å². The monoisotopic (exact) mass is 401 g/mol. The molecule has 0 saturated heterocycles. The third kappa shape index (κ3) is 5.12. The lowest BCUT2D eigenvalue weighted by Crippen LogP contribution is -2.13. The Morgan fingerprint density at radius 3 is 1.36 bits per heavy atom. The summed E-state index contributed by atoms with van der Waals surface area (Å²) in [6.45, 7) is 0. The topological polar surface area (TPSA) is 18.5 Å². The molecule has 0 spiro atoms. The van der Waals surface area contributed by atoms with E-state index in [0.29, 0.717) is 19.8 Å². The van der Waals surface area contributed by atoms with Gasteiger partial charge in [-0.1, -0.05) is 23.2 Å². The predicted octanol–water partition coefficient (Wildman–Crippen LogP) is 6.02. The Morgan fingerprint density at radius 2 is 1.04 bits per heavy atom. The molecule has 11 heteroatoms. The van der Waals surface area contributed by atoms with Gasteiger partial charge >= 0.3 is 20.0 Å². The third-order valence-corrected chi connectivity index (χ3v) is 3.51. The number of halogens is 8. The summed E-state index contributed by atoms with van der Waals surface area (Å²) in [5.41, 5.74) is -2.24. The molecule has 0 aromatic heterocycles. The molecule has 2 aromatic rings. The first kappa shape index (κ1) is 19.6. The Labute approximate surface area is 148 Å². The summed E-state index contributed by atoms with van der Waals surface area (Å²) < 4.78 is 85.9. The standard InChI is InChI=1S/C14H6BCl2F6O2/c16-11-3-1-7(5-9(11)13(18,19)20)24-15-25-8-2-4-12(17)10(6-8)14(21,22)23/h1-6H. The lowest BCUT2D eigenvalue weighted by molar-refractivity contribution is -0.138. The quantitative estimate of drug-likeness (QED) is 0.460. The van der Waals surface area contributed by atoms with Crippen LogP contribution in [0.25, 0.3) is 0 Å². The van der Waals surface area contributed by atoms with E-state index in [1.807, 2.05) is 0 Å². The van der Waals surface area contributed by atoms with E-state index < -0.39 is 33.5 Å². The molecule has 0 saturated carbocycles.